The van der Waals surface area contributed by atoms with E-state index in [1.54, 1.807) is 24.3 Å². The molecule has 1 aromatic heterocycles. The molecule has 5 N–H and O–H groups in total. The number of hydrogen-bond donors (Lipinski definition) is 4. The number of amides is 2. The average molecular weight is 505 g/mol. The Morgan fingerprint density at radius 1 is 1.29 bits per heavy atom. The zero-order valence-electron chi connectivity index (χ0n) is 17.8. The summed E-state index contributed by atoms with van der Waals surface area (Å²) in [5, 5.41) is 28.6. The van der Waals surface area contributed by atoms with Crippen LogP contribution in [-0.4, -0.2) is 70.6 Å². The molecule has 1 aromatic carbocycles. The molecule has 0 aliphatic carbocycles. The molecule has 4 rings (SSSR count). The summed E-state index contributed by atoms with van der Waals surface area (Å²) in [7, 11) is 1.41. The van der Waals surface area contributed by atoms with Crippen LogP contribution >= 0.6 is 23.5 Å². The van der Waals surface area contributed by atoms with Gasteiger partial charge in [0.2, 0.25) is 5.91 Å². The van der Waals surface area contributed by atoms with Crippen LogP contribution in [0, 0.1) is 0 Å². The summed E-state index contributed by atoms with van der Waals surface area (Å²) in [5.74, 6) is -2.44. The molecule has 2 aliphatic heterocycles. The molecular weight excluding hydrogens is 484 g/mol. The third-order valence-corrected chi connectivity index (χ3v) is 7.81. The molecular formula is C20H20N6O6S2. The fourth-order valence-corrected chi connectivity index (χ4v) is 5.99. The first-order valence-corrected chi connectivity index (χ1v) is 12.0. The van der Waals surface area contributed by atoms with Gasteiger partial charge in [0.15, 0.2) is 5.16 Å². The Hall–Kier alpha value is -3.52. The number of nitrogens with one attached hydrogen (secondary N) is 1. The van der Waals surface area contributed by atoms with Gasteiger partial charge < -0.3 is 21.3 Å². The summed E-state index contributed by atoms with van der Waals surface area (Å²) in [6, 6.07) is 6.09. The van der Waals surface area contributed by atoms with E-state index < -0.39 is 34.7 Å². The van der Waals surface area contributed by atoms with Crippen molar-refractivity contribution in [1.29, 1.82) is 0 Å². The van der Waals surface area contributed by atoms with Crippen LogP contribution in [0.3, 0.4) is 0 Å². The number of thioether (sulfide) groups is 2. The molecule has 1 fully saturated rings. The van der Waals surface area contributed by atoms with Gasteiger partial charge in [0.05, 0.1) is 6.42 Å². The molecule has 12 nitrogen and oxygen atoms in total. The van der Waals surface area contributed by atoms with Gasteiger partial charge in [-0.15, -0.1) is 22.0 Å². The van der Waals surface area contributed by atoms with Gasteiger partial charge in [-0.25, -0.2) is 4.79 Å². The number of carbonyl (C=O) groups is 3. The fraction of sp³-hybridized carbons (Fsp3) is 0.300. The largest absolute Gasteiger partial charge is 0.488 e. The Kier molecular flexibility index (Phi) is 6.52. The predicted molar refractivity (Wildman–Crippen MR) is 124 cm³/mol. The number of para-hydroxylation sites is 1. The normalized spacial score (nSPS) is 19.4. The lowest BCUT2D eigenvalue weighted by atomic mass is 10.0. The number of aliphatic carboxylic acids is 1. The van der Waals surface area contributed by atoms with Crippen molar-refractivity contribution in [3.63, 3.8) is 0 Å². The Labute approximate surface area is 201 Å². The standard InChI is InChI=1S/C20H20N6O6S2/c1-25-17(30)15(28)23-24-20(25)34-8-10-7-33-18-13(16(29)26(18)14(10)19(31)32)22-12(27)6-9-4-2-3-5-11(9)21/h2-5,13,18H,6-8,21H2,1H3,(H,22,27)(H,23,28)(H,31,32)/t13?,18-/m1/s1. The number of aromatic hydroxyl groups is 1. The minimum absolute atomic E-state index is 0.00371. The Morgan fingerprint density at radius 2 is 2.03 bits per heavy atom. The Morgan fingerprint density at radius 3 is 2.74 bits per heavy atom. The second-order valence-corrected chi connectivity index (χ2v) is 9.59. The van der Waals surface area contributed by atoms with Crippen molar-refractivity contribution in [2.75, 3.05) is 17.2 Å². The van der Waals surface area contributed by atoms with E-state index in [2.05, 4.69) is 15.5 Å². The maximum Gasteiger partial charge on any atom is 0.352 e. The summed E-state index contributed by atoms with van der Waals surface area (Å²) in [5.41, 5.74) is 6.58. The number of nitrogens with two attached hydrogens (primary N) is 1. The molecule has 2 atom stereocenters. The van der Waals surface area contributed by atoms with Crippen LogP contribution in [0.25, 0.3) is 0 Å². The molecule has 2 amide bonds. The van der Waals surface area contributed by atoms with Crippen molar-refractivity contribution in [2.24, 2.45) is 7.05 Å². The van der Waals surface area contributed by atoms with E-state index in [1.165, 1.54) is 23.7 Å². The molecule has 0 radical (unpaired) electrons. The molecule has 1 saturated heterocycles. The highest BCUT2D eigenvalue weighted by Crippen LogP contribution is 2.41. The first kappa shape index (κ1) is 23.6. The van der Waals surface area contributed by atoms with E-state index in [4.69, 9.17) is 5.73 Å². The average Bonchev–Trinajstić information content (AvgIpc) is 2.81. The van der Waals surface area contributed by atoms with Crippen molar-refractivity contribution in [2.45, 2.75) is 23.0 Å². The van der Waals surface area contributed by atoms with Gasteiger partial charge in [-0.05, 0) is 17.2 Å². The summed E-state index contributed by atoms with van der Waals surface area (Å²) in [4.78, 5) is 50.3. The number of anilines is 1. The highest BCUT2D eigenvalue weighted by Gasteiger charge is 2.54. The number of carbonyl (C=O) groups excluding carboxylic acids is 2. The first-order chi connectivity index (χ1) is 16.2. The van der Waals surface area contributed by atoms with Gasteiger partial charge in [0.1, 0.15) is 17.1 Å². The van der Waals surface area contributed by atoms with E-state index >= 15 is 0 Å². The maximum atomic E-state index is 12.8. The molecule has 0 spiro atoms. The SMILES string of the molecule is Cn1c(SCC2=C(C(=O)O)N3C(=O)C(NC(=O)Cc4ccccc4N)[C@H]3SC2)nnc(O)c1=O. The number of β-lactam (4-membered cyclic amide) rings is 1. The quantitative estimate of drug-likeness (QED) is 0.217. The number of fused-ring (bicyclic) bond motifs is 1. The summed E-state index contributed by atoms with van der Waals surface area (Å²) >= 11 is 2.40. The number of hydrogen-bond acceptors (Lipinski definition) is 10. The lowest BCUT2D eigenvalue weighted by Gasteiger charge is -2.49. The zero-order valence-corrected chi connectivity index (χ0v) is 19.4. The van der Waals surface area contributed by atoms with Crippen LogP contribution in [0.15, 0.2) is 45.5 Å². The van der Waals surface area contributed by atoms with Gasteiger partial charge in [0.25, 0.3) is 11.8 Å². The number of aromatic nitrogens is 3. The lowest BCUT2D eigenvalue weighted by molar-refractivity contribution is -0.150. The smallest absolute Gasteiger partial charge is 0.352 e. The van der Waals surface area contributed by atoms with Crippen molar-refractivity contribution in [1.82, 2.24) is 25.0 Å². The monoisotopic (exact) mass is 504 g/mol. The molecule has 1 unspecified atom stereocenters. The van der Waals surface area contributed by atoms with Crippen LogP contribution in [0.1, 0.15) is 5.56 Å². The third-order valence-electron chi connectivity index (χ3n) is 5.36. The van der Waals surface area contributed by atoms with Crippen LogP contribution in [0.4, 0.5) is 5.69 Å². The summed E-state index contributed by atoms with van der Waals surface area (Å²) in [6.07, 6.45) is 0.00371. The molecule has 3 heterocycles. The number of nitrogen functional groups attached to an aromatic ring is 1. The number of carboxylic acid groups (broad SMARTS) is 1. The molecule has 34 heavy (non-hydrogen) atoms. The van der Waals surface area contributed by atoms with E-state index in [0.29, 0.717) is 22.6 Å². The van der Waals surface area contributed by atoms with Crippen molar-refractivity contribution >= 4 is 47.0 Å². The van der Waals surface area contributed by atoms with Crippen LogP contribution in [-0.2, 0) is 27.9 Å². The minimum atomic E-state index is -1.26. The fourth-order valence-electron chi connectivity index (χ4n) is 3.60. The highest BCUT2D eigenvalue weighted by atomic mass is 32.2. The summed E-state index contributed by atoms with van der Waals surface area (Å²) in [6.45, 7) is 0. The number of nitrogens with zero attached hydrogens (tertiary/aromatic N) is 4. The second-order valence-electron chi connectivity index (χ2n) is 7.55. The molecule has 0 saturated carbocycles. The van der Waals surface area contributed by atoms with E-state index in [-0.39, 0.29) is 28.9 Å². The Balaban J connectivity index is 1.46. The third kappa shape index (κ3) is 4.33. The highest BCUT2D eigenvalue weighted by molar-refractivity contribution is 8.01. The number of carboxylic acids is 1. The van der Waals surface area contributed by atoms with E-state index in [1.807, 2.05) is 0 Å². The minimum Gasteiger partial charge on any atom is -0.488 e. The van der Waals surface area contributed by atoms with Gasteiger partial charge in [0, 0.05) is 24.2 Å². The molecule has 2 aliphatic rings. The van der Waals surface area contributed by atoms with Crippen molar-refractivity contribution < 1.29 is 24.6 Å². The van der Waals surface area contributed by atoms with Crippen molar-refractivity contribution in [3.8, 4) is 5.88 Å². The van der Waals surface area contributed by atoms with Gasteiger partial charge in [-0.1, -0.05) is 30.0 Å². The molecule has 0 bridgehead atoms. The van der Waals surface area contributed by atoms with Gasteiger partial charge in [-0.3, -0.25) is 23.9 Å². The van der Waals surface area contributed by atoms with Gasteiger partial charge in [-0.2, -0.15) is 0 Å². The summed E-state index contributed by atoms with van der Waals surface area (Å²) < 4.78 is 1.10. The second kappa shape index (κ2) is 9.38. The lowest BCUT2D eigenvalue weighted by Crippen LogP contribution is -2.70. The molecule has 14 heteroatoms. The van der Waals surface area contributed by atoms with E-state index in [9.17, 15) is 29.4 Å². The zero-order chi connectivity index (χ0) is 24.6. The Bertz CT molecular complexity index is 1280. The topological polar surface area (TPSA) is 181 Å². The van der Waals surface area contributed by atoms with E-state index in [0.717, 1.165) is 16.3 Å². The predicted octanol–water partition coefficient (Wildman–Crippen LogP) is -0.463. The van der Waals surface area contributed by atoms with Crippen LogP contribution in [0.5, 0.6) is 5.88 Å². The van der Waals surface area contributed by atoms with Gasteiger partial charge >= 0.3 is 11.5 Å². The maximum absolute atomic E-state index is 12.8. The number of benzene rings is 1. The molecule has 2 aromatic rings. The van der Waals surface area contributed by atoms with Crippen LogP contribution < -0.4 is 16.6 Å². The number of rotatable bonds is 7. The van der Waals surface area contributed by atoms with Crippen LogP contribution in [0.2, 0.25) is 0 Å². The molecule has 178 valence electrons. The first-order valence-electron chi connectivity index (χ1n) is 9.97. The van der Waals surface area contributed by atoms with Crippen molar-refractivity contribution in [3.05, 3.63) is 51.5 Å².